The third-order valence-corrected chi connectivity index (χ3v) is 5.89. The molecule has 1 aromatic carbocycles. The van der Waals surface area contributed by atoms with Crippen LogP contribution in [0.5, 0.6) is 5.88 Å². The summed E-state index contributed by atoms with van der Waals surface area (Å²) in [6.45, 7) is 0.0587. The van der Waals surface area contributed by atoms with Crippen LogP contribution in [0.25, 0.3) is 22.2 Å². The minimum absolute atomic E-state index is 0.0290. The first-order chi connectivity index (χ1) is 17.6. The number of carbonyl (C=O) groups is 2. The first-order valence-corrected chi connectivity index (χ1v) is 11.9. The number of para-hydroxylation sites is 1. The number of pyridine rings is 1. The molecule has 36 heavy (non-hydrogen) atoms. The van der Waals surface area contributed by atoms with E-state index in [0.717, 1.165) is 41.4 Å². The molecule has 1 atom stereocenters. The first kappa shape index (κ1) is 24.8. The van der Waals surface area contributed by atoms with Crippen LogP contribution in [0, 0.1) is 0 Å². The minimum atomic E-state index is -0.339. The van der Waals surface area contributed by atoms with Gasteiger partial charge in [-0.15, -0.1) is 5.10 Å². The van der Waals surface area contributed by atoms with Crippen molar-refractivity contribution in [3.8, 4) is 17.1 Å². The maximum atomic E-state index is 12.7. The van der Waals surface area contributed by atoms with E-state index in [0.29, 0.717) is 24.5 Å². The van der Waals surface area contributed by atoms with Gasteiger partial charge in [0.15, 0.2) is 0 Å². The van der Waals surface area contributed by atoms with Crippen LogP contribution >= 0.6 is 0 Å². The lowest BCUT2D eigenvalue weighted by molar-refractivity contribution is -0.123. The lowest BCUT2D eigenvalue weighted by Gasteiger charge is -2.17. The van der Waals surface area contributed by atoms with Crippen LogP contribution < -0.4 is 15.4 Å². The lowest BCUT2D eigenvalue weighted by Crippen LogP contribution is -2.32. The first-order valence-electron chi connectivity index (χ1n) is 11.9. The van der Waals surface area contributed by atoms with Gasteiger partial charge in [-0.1, -0.05) is 36.3 Å². The van der Waals surface area contributed by atoms with Crippen LogP contribution in [0.4, 0.5) is 0 Å². The van der Waals surface area contributed by atoms with E-state index in [4.69, 9.17) is 4.74 Å². The van der Waals surface area contributed by atoms with E-state index in [2.05, 4.69) is 35.9 Å². The molecule has 0 aliphatic rings. The zero-order valence-corrected chi connectivity index (χ0v) is 20.4. The van der Waals surface area contributed by atoms with Crippen molar-refractivity contribution in [2.45, 2.75) is 44.7 Å². The number of aromatic nitrogens is 6. The molecule has 0 spiro atoms. The average molecular weight is 491 g/mol. The number of ether oxygens (including phenoxy) is 1. The topological polar surface area (TPSA) is 140 Å². The van der Waals surface area contributed by atoms with Crippen molar-refractivity contribution >= 4 is 22.7 Å². The fraction of sp³-hybridized carbons (Fsp3) is 0.360. The number of nitrogens with zero attached hydrogens (tertiary/aromatic N) is 5. The predicted molar refractivity (Wildman–Crippen MR) is 134 cm³/mol. The summed E-state index contributed by atoms with van der Waals surface area (Å²) >= 11 is 0. The number of fused-ring (bicyclic) bond motifs is 1. The van der Waals surface area contributed by atoms with Gasteiger partial charge in [0, 0.05) is 25.1 Å². The predicted octanol–water partition coefficient (Wildman–Crippen LogP) is 2.78. The molecule has 0 radical (unpaired) electrons. The summed E-state index contributed by atoms with van der Waals surface area (Å²) in [6, 6.07) is 9.50. The Hall–Kier alpha value is -4.28. The van der Waals surface area contributed by atoms with E-state index in [1.54, 1.807) is 26.6 Å². The number of carbonyl (C=O) groups excluding carboxylic acids is 2. The third-order valence-electron chi connectivity index (χ3n) is 5.89. The highest BCUT2D eigenvalue weighted by Gasteiger charge is 2.20. The molecule has 11 nitrogen and oxygen atoms in total. The molecular formula is C25H30N8O3. The molecule has 3 aromatic heterocycles. The summed E-state index contributed by atoms with van der Waals surface area (Å²) in [5.74, 6) is 0.961. The summed E-state index contributed by atoms with van der Waals surface area (Å²) < 4.78 is 7.01. The summed E-state index contributed by atoms with van der Waals surface area (Å²) in [4.78, 5) is 36.8. The number of imidazole rings is 1. The fourth-order valence-electron chi connectivity index (χ4n) is 4.01. The normalized spacial score (nSPS) is 11.8. The van der Waals surface area contributed by atoms with Crippen molar-refractivity contribution < 1.29 is 14.3 Å². The van der Waals surface area contributed by atoms with Crippen LogP contribution in [-0.2, 0) is 16.1 Å². The van der Waals surface area contributed by atoms with E-state index >= 15 is 0 Å². The van der Waals surface area contributed by atoms with E-state index in [-0.39, 0.29) is 24.4 Å². The van der Waals surface area contributed by atoms with Gasteiger partial charge in [0.2, 0.25) is 17.7 Å². The molecule has 0 saturated carbocycles. The van der Waals surface area contributed by atoms with Gasteiger partial charge in [-0.2, -0.15) is 0 Å². The van der Waals surface area contributed by atoms with E-state index < -0.39 is 0 Å². The molecule has 3 heterocycles. The Morgan fingerprint density at radius 2 is 2.03 bits per heavy atom. The standard InChI is InChI=1S/C25H30N8O3/c1-26-22(34)11-5-3-4-10-20(29-23(35)16-33-13-12-28-32-33)24-27-15-21(30-24)18-14-17-8-6-7-9-19(17)31-25(18)36-2/h6-9,12-15,20H,3-5,10-11,16H2,1-2H3,(H,26,34)(H,27,30)(H,29,35). The number of hydrogen-bond donors (Lipinski definition) is 3. The monoisotopic (exact) mass is 490 g/mol. The zero-order chi connectivity index (χ0) is 25.3. The molecule has 188 valence electrons. The number of H-pyrrole nitrogens is 1. The lowest BCUT2D eigenvalue weighted by atomic mass is 10.1. The Morgan fingerprint density at radius 3 is 2.81 bits per heavy atom. The minimum Gasteiger partial charge on any atom is -0.480 e. The Labute approximate surface area is 208 Å². The van der Waals surface area contributed by atoms with Gasteiger partial charge >= 0.3 is 0 Å². The van der Waals surface area contributed by atoms with Gasteiger partial charge in [-0.25, -0.2) is 14.6 Å². The highest BCUT2D eigenvalue weighted by atomic mass is 16.5. The second kappa shape index (κ2) is 11.9. The van der Waals surface area contributed by atoms with Crippen molar-refractivity contribution in [2.75, 3.05) is 14.2 Å². The molecule has 11 heteroatoms. The smallest absolute Gasteiger partial charge is 0.242 e. The van der Waals surface area contributed by atoms with E-state index in [9.17, 15) is 9.59 Å². The maximum absolute atomic E-state index is 12.7. The van der Waals surface area contributed by atoms with Gasteiger partial charge in [0.1, 0.15) is 12.4 Å². The van der Waals surface area contributed by atoms with Crippen LogP contribution in [0.15, 0.2) is 48.9 Å². The quantitative estimate of drug-likeness (QED) is 0.259. The number of aromatic amines is 1. The zero-order valence-electron chi connectivity index (χ0n) is 20.4. The van der Waals surface area contributed by atoms with Crippen LogP contribution in [0.3, 0.4) is 0 Å². The third kappa shape index (κ3) is 6.23. The van der Waals surface area contributed by atoms with Crippen molar-refractivity contribution in [3.63, 3.8) is 0 Å². The maximum Gasteiger partial charge on any atom is 0.242 e. The molecule has 1 unspecified atom stereocenters. The number of amides is 2. The SMILES string of the molecule is CNC(=O)CCCCCC(NC(=O)Cn1ccnn1)c1ncc(-c2cc3ccccc3nc2OC)[nH]1. The highest BCUT2D eigenvalue weighted by Crippen LogP contribution is 2.31. The Morgan fingerprint density at radius 1 is 1.17 bits per heavy atom. The van der Waals surface area contributed by atoms with Gasteiger partial charge in [0.25, 0.3) is 0 Å². The molecule has 2 amide bonds. The van der Waals surface area contributed by atoms with Crippen molar-refractivity contribution in [2.24, 2.45) is 0 Å². The van der Waals surface area contributed by atoms with Crippen molar-refractivity contribution in [1.82, 2.24) is 40.6 Å². The van der Waals surface area contributed by atoms with E-state index in [1.807, 2.05) is 30.3 Å². The molecular weight excluding hydrogens is 460 g/mol. The molecule has 3 N–H and O–H groups in total. The van der Waals surface area contributed by atoms with Gasteiger partial charge in [-0.3, -0.25) is 9.59 Å². The number of hydrogen-bond acceptors (Lipinski definition) is 7. The largest absolute Gasteiger partial charge is 0.480 e. The molecule has 4 rings (SSSR count). The Bertz CT molecular complexity index is 1300. The molecule has 0 aliphatic heterocycles. The summed E-state index contributed by atoms with van der Waals surface area (Å²) in [6.07, 6.45) is 8.50. The van der Waals surface area contributed by atoms with E-state index in [1.165, 1.54) is 10.9 Å². The van der Waals surface area contributed by atoms with Gasteiger partial charge in [0.05, 0.1) is 42.3 Å². The molecule has 0 saturated heterocycles. The van der Waals surface area contributed by atoms with Crippen molar-refractivity contribution in [3.05, 3.63) is 54.7 Å². The van der Waals surface area contributed by atoms with Gasteiger partial charge in [-0.05, 0) is 25.0 Å². The fourth-order valence-corrected chi connectivity index (χ4v) is 4.01. The number of unbranched alkanes of at least 4 members (excludes halogenated alkanes) is 2. The molecule has 0 aliphatic carbocycles. The van der Waals surface area contributed by atoms with Crippen LogP contribution in [0.1, 0.15) is 44.0 Å². The van der Waals surface area contributed by atoms with Crippen LogP contribution in [-0.4, -0.2) is 55.9 Å². The average Bonchev–Trinajstić information content (AvgIpc) is 3.59. The molecule has 0 bridgehead atoms. The van der Waals surface area contributed by atoms with Gasteiger partial charge < -0.3 is 20.4 Å². The second-order valence-corrected chi connectivity index (χ2v) is 8.41. The molecule has 0 fully saturated rings. The second-order valence-electron chi connectivity index (χ2n) is 8.41. The van der Waals surface area contributed by atoms with Crippen LogP contribution in [0.2, 0.25) is 0 Å². The van der Waals surface area contributed by atoms with Crippen molar-refractivity contribution in [1.29, 1.82) is 0 Å². The Kier molecular flexibility index (Phi) is 8.22. The summed E-state index contributed by atoms with van der Waals surface area (Å²) in [5.41, 5.74) is 2.37. The highest BCUT2D eigenvalue weighted by molar-refractivity contribution is 5.85. The number of methoxy groups -OCH3 is 1. The molecule has 4 aromatic rings. The number of benzene rings is 1. The number of nitrogens with one attached hydrogen (secondary N) is 3. The Balaban J connectivity index is 1.52. The summed E-state index contributed by atoms with van der Waals surface area (Å²) in [7, 11) is 3.22. The summed E-state index contributed by atoms with van der Waals surface area (Å²) in [5, 5.41) is 14.3. The number of rotatable bonds is 12.